The van der Waals surface area contributed by atoms with Crippen molar-refractivity contribution < 1.29 is 4.39 Å². The van der Waals surface area contributed by atoms with Gasteiger partial charge in [-0.05, 0) is 70.5 Å². The Bertz CT molecular complexity index is 542. The topological polar surface area (TPSA) is 26.0 Å². The first-order chi connectivity index (χ1) is 8.56. The second-order valence-electron chi connectivity index (χ2n) is 4.10. The number of hydrogen-bond donors (Lipinski definition) is 1. The molecule has 0 aliphatic carbocycles. The van der Waals surface area contributed by atoms with E-state index in [-0.39, 0.29) is 11.9 Å². The van der Waals surface area contributed by atoms with Crippen molar-refractivity contribution in [3.8, 4) is 0 Å². The molecule has 1 unspecified atom stereocenters. The summed E-state index contributed by atoms with van der Waals surface area (Å²) in [5.74, 6) is -0.209. The minimum absolute atomic E-state index is 0.189. The highest BCUT2D eigenvalue weighted by Crippen LogP contribution is 2.22. The standard InChI is InChI=1S/C14H12BrFIN/c15-11-3-6-13(16)10(7-11)8-14(18)9-1-4-12(17)5-2-9/h1-7,14H,8,18H2. The van der Waals surface area contributed by atoms with E-state index in [4.69, 9.17) is 5.73 Å². The van der Waals surface area contributed by atoms with Crippen LogP contribution in [0.2, 0.25) is 0 Å². The minimum atomic E-state index is -0.209. The van der Waals surface area contributed by atoms with Crippen LogP contribution in [0.1, 0.15) is 17.2 Å². The fraction of sp³-hybridized carbons (Fsp3) is 0.143. The van der Waals surface area contributed by atoms with Gasteiger partial charge in [0.05, 0.1) is 0 Å². The van der Waals surface area contributed by atoms with Crippen molar-refractivity contribution in [2.45, 2.75) is 12.5 Å². The number of rotatable bonds is 3. The van der Waals surface area contributed by atoms with Crippen LogP contribution in [-0.2, 0) is 6.42 Å². The van der Waals surface area contributed by atoms with Gasteiger partial charge in [-0.2, -0.15) is 0 Å². The van der Waals surface area contributed by atoms with Crippen LogP contribution >= 0.6 is 38.5 Å². The van der Waals surface area contributed by atoms with E-state index in [1.165, 1.54) is 6.07 Å². The van der Waals surface area contributed by atoms with Gasteiger partial charge in [-0.1, -0.05) is 28.1 Å². The highest BCUT2D eigenvalue weighted by molar-refractivity contribution is 14.1. The van der Waals surface area contributed by atoms with E-state index in [0.717, 1.165) is 13.6 Å². The number of hydrogen-bond acceptors (Lipinski definition) is 1. The molecule has 0 aromatic heterocycles. The minimum Gasteiger partial charge on any atom is -0.324 e. The molecular weight excluding hydrogens is 408 g/mol. The van der Waals surface area contributed by atoms with Crippen LogP contribution in [0, 0.1) is 9.39 Å². The third kappa shape index (κ3) is 3.52. The SMILES string of the molecule is NC(Cc1cc(Br)ccc1F)c1ccc(I)cc1. The average Bonchev–Trinajstić information content (AvgIpc) is 2.34. The van der Waals surface area contributed by atoms with Crippen molar-refractivity contribution in [3.63, 3.8) is 0 Å². The van der Waals surface area contributed by atoms with Gasteiger partial charge in [-0.3, -0.25) is 0 Å². The molecule has 2 rings (SSSR count). The van der Waals surface area contributed by atoms with Crippen LogP contribution in [0.3, 0.4) is 0 Å². The van der Waals surface area contributed by atoms with Crippen LogP contribution < -0.4 is 5.73 Å². The molecule has 0 saturated carbocycles. The molecule has 2 aromatic rings. The first-order valence-corrected chi connectivity index (χ1v) is 7.38. The van der Waals surface area contributed by atoms with E-state index in [0.29, 0.717) is 12.0 Å². The van der Waals surface area contributed by atoms with Crippen molar-refractivity contribution in [2.75, 3.05) is 0 Å². The Morgan fingerprint density at radius 3 is 2.50 bits per heavy atom. The Morgan fingerprint density at radius 1 is 1.17 bits per heavy atom. The molecule has 0 radical (unpaired) electrons. The Hall–Kier alpha value is -0.460. The Kier molecular flexibility index (Phi) is 4.75. The summed E-state index contributed by atoms with van der Waals surface area (Å²) in [5, 5.41) is 0. The smallest absolute Gasteiger partial charge is 0.126 e. The van der Waals surface area contributed by atoms with Crippen molar-refractivity contribution >= 4 is 38.5 Å². The van der Waals surface area contributed by atoms with Gasteiger partial charge in [0.25, 0.3) is 0 Å². The van der Waals surface area contributed by atoms with Gasteiger partial charge in [0.15, 0.2) is 0 Å². The molecule has 0 aliphatic rings. The third-order valence-electron chi connectivity index (χ3n) is 2.75. The van der Waals surface area contributed by atoms with E-state index in [1.807, 2.05) is 24.3 Å². The molecule has 2 N–H and O–H groups in total. The maximum atomic E-state index is 13.6. The van der Waals surface area contributed by atoms with Crippen LogP contribution in [-0.4, -0.2) is 0 Å². The summed E-state index contributed by atoms with van der Waals surface area (Å²) < 4.78 is 15.7. The lowest BCUT2D eigenvalue weighted by atomic mass is 9.99. The van der Waals surface area contributed by atoms with E-state index in [9.17, 15) is 4.39 Å². The number of nitrogens with two attached hydrogens (primary N) is 1. The maximum absolute atomic E-state index is 13.6. The summed E-state index contributed by atoms with van der Waals surface area (Å²) in [5.41, 5.74) is 7.77. The molecule has 1 nitrogen and oxygen atoms in total. The third-order valence-corrected chi connectivity index (χ3v) is 3.96. The number of benzene rings is 2. The molecule has 0 aliphatic heterocycles. The molecule has 1 atom stereocenters. The second kappa shape index (κ2) is 6.12. The van der Waals surface area contributed by atoms with E-state index >= 15 is 0 Å². The molecule has 0 saturated heterocycles. The largest absolute Gasteiger partial charge is 0.324 e. The molecule has 0 spiro atoms. The number of halogens is 3. The van der Waals surface area contributed by atoms with Gasteiger partial charge in [-0.25, -0.2) is 4.39 Å². The highest BCUT2D eigenvalue weighted by atomic mass is 127. The van der Waals surface area contributed by atoms with Crippen LogP contribution in [0.25, 0.3) is 0 Å². The molecule has 0 heterocycles. The van der Waals surface area contributed by atoms with Gasteiger partial charge >= 0.3 is 0 Å². The molecule has 0 fully saturated rings. The summed E-state index contributed by atoms with van der Waals surface area (Å²) >= 11 is 5.59. The summed E-state index contributed by atoms with van der Waals surface area (Å²) in [6.45, 7) is 0. The Balaban J connectivity index is 2.18. The average molecular weight is 420 g/mol. The summed E-state index contributed by atoms with van der Waals surface area (Å²) in [4.78, 5) is 0. The van der Waals surface area contributed by atoms with E-state index in [1.54, 1.807) is 12.1 Å². The van der Waals surface area contributed by atoms with E-state index in [2.05, 4.69) is 38.5 Å². The zero-order valence-corrected chi connectivity index (χ0v) is 13.3. The monoisotopic (exact) mass is 419 g/mol. The molecule has 0 bridgehead atoms. The zero-order valence-electron chi connectivity index (χ0n) is 9.54. The predicted octanol–water partition coefficient (Wildman–Crippen LogP) is 4.44. The lowest BCUT2D eigenvalue weighted by molar-refractivity contribution is 0.593. The predicted molar refractivity (Wildman–Crippen MR) is 83.9 cm³/mol. The zero-order chi connectivity index (χ0) is 13.1. The second-order valence-corrected chi connectivity index (χ2v) is 6.26. The molecule has 18 heavy (non-hydrogen) atoms. The Morgan fingerprint density at radius 2 is 1.83 bits per heavy atom. The molecule has 2 aromatic carbocycles. The summed E-state index contributed by atoms with van der Waals surface area (Å²) in [7, 11) is 0. The fourth-order valence-corrected chi connectivity index (χ4v) is 2.53. The maximum Gasteiger partial charge on any atom is 0.126 e. The van der Waals surface area contributed by atoms with Gasteiger partial charge < -0.3 is 5.73 Å². The van der Waals surface area contributed by atoms with Crippen molar-refractivity contribution in [2.24, 2.45) is 5.73 Å². The quantitative estimate of drug-likeness (QED) is 0.731. The molecule has 94 valence electrons. The normalized spacial score (nSPS) is 12.4. The molecule has 4 heteroatoms. The van der Waals surface area contributed by atoms with Crippen molar-refractivity contribution in [1.82, 2.24) is 0 Å². The van der Waals surface area contributed by atoms with Gasteiger partial charge in [0.2, 0.25) is 0 Å². The van der Waals surface area contributed by atoms with Gasteiger partial charge in [-0.15, -0.1) is 0 Å². The first-order valence-electron chi connectivity index (χ1n) is 5.51. The summed E-state index contributed by atoms with van der Waals surface area (Å²) in [6.07, 6.45) is 0.492. The van der Waals surface area contributed by atoms with Gasteiger partial charge in [0.1, 0.15) is 5.82 Å². The molecule has 0 amide bonds. The van der Waals surface area contributed by atoms with Crippen molar-refractivity contribution in [1.29, 1.82) is 0 Å². The fourth-order valence-electron chi connectivity index (χ4n) is 1.76. The van der Waals surface area contributed by atoms with E-state index < -0.39 is 0 Å². The summed E-state index contributed by atoms with van der Waals surface area (Å²) in [6, 6.07) is 12.7. The highest BCUT2D eigenvalue weighted by Gasteiger charge is 2.10. The first kappa shape index (κ1) is 14.0. The lowest BCUT2D eigenvalue weighted by Gasteiger charge is -2.13. The van der Waals surface area contributed by atoms with Crippen LogP contribution in [0.4, 0.5) is 4.39 Å². The van der Waals surface area contributed by atoms with Crippen LogP contribution in [0.5, 0.6) is 0 Å². The van der Waals surface area contributed by atoms with Gasteiger partial charge in [0, 0.05) is 14.1 Å². The van der Waals surface area contributed by atoms with Crippen molar-refractivity contribution in [3.05, 3.63) is 67.5 Å². The lowest BCUT2D eigenvalue weighted by Crippen LogP contribution is -2.14. The molecular formula is C14H12BrFIN. The van der Waals surface area contributed by atoms with Crippen LogP contribution in [0.15, 0.2) is 46.9 Å². The Labute approximate surface area is 128 Å².